The number of nitrogens with two attached hydrogens (primary N) is 1. The highest BCUT2D eigenvalue weighted by molar-refractivity contribution is 8.00. The van der Waals surface area contributed by atoms with Crippen LogP contribution in [0.2, 0.25) is 0 Å². The van der Waals surface area contributed by atoms with Crippen molar-refractivity contribution in [3.05, 3.63) is 4.77 Å². The zero-order valence-electron chi connectivity index (χ0n) is 9.41. The molecule has 1 rings (SSSR count). The fraction of sp³-hybridized carbons (Fsp3) is 0.778. The van der Waals surface area contributed by atoms with Crippen LogP contribution < -0.4 is 5.73 Å². The average Bonchev–Trinajstić information content (AvgIpc) is 2.57. The van der Waals surface area contributed by atoms with Crippen LogP contribution in [0, 0.1) is 4.77 Å². The van der Waals surface area contributed by atoms with E-state index in [0.29, 0.717) is 10.7 Å². The van der Waals surface area contributed by atoms with Crippen molar-refractivity contribution in [2.24, 2.45) is 0 Å². The molecule has 0 unspecified atom stereocenters. The van der Waals surface area contributed by atoms with Gasteiger partial charge in [-0.25, -0.2) is 5.10 Å². The van der Waals surface area contributed by atoms with Crippen molar-refractivity contribution in [3.63, 3.8) is 0 Å². The van der Waals surface area contributed by atoms with Gasteiger partial charge in [-0.1, -0.05) is 13.8 Å². The normalized spacial score (nSPS) is 11.9. The monoisotopic (exact) mass is 246 g/mol. The van der Waals surface area contributed by atoms with E-state index in [4.69, 9.17) is 18.0 Å². The standard InChI is InChI=1S/C9H18N4S2/c1-4-9(5-2,15-3)6-13-7(10)11-12-8(13)14/h4-6H2,1-3H3,(H2,10,11)(H,12,14). The summed E-state index contributed by atoms with van der Waals surface area (Å²) in [5.41, 5.74) is 5.76. The molecular formula is C9H18N4S2. The van der Waals surface area contributed by atoms with Crippen molar-refractivity contribution in [1.82, 2.24) is 14.8 Å². The van der Waals surface area contributed by atoms with Gasteiger partial charge in [-0.05, 0) is 31.3 Å². The number of hydrogen-bond donors (Lipinski definition) is 2. The predicted molar refractivity (Wildman–Crippen MR) is 68.7 cm³/mol. The maximum absolute atomic E-state index is 5.76. The molecule has 0 aromatic carbocycles. The number of rotatable bonds is 5. The number of nitrogen functional groups attached to an aromatic ring is 1. The summed E-state index contributed by atoms with van der Waals surface area (Å²) in [4.78, 5) is 0. The highest BCUT2D eigenvalue weighted by atomic mass is 32.2. The lowest BCUT2D eigenvalue weighted by Crippen LogP contribution is -2.29. The Morgan fingerprint density at radius 1 is 1.53 bits per heavy atom. The number of hydrogen-bond acceptors (Lipinski definition) is 4. The quantitative estimate of drug-likeness (QED) is 0.783. The third-order valence-corrected chi connectivity index (χ3v) is 4.84. The molecule has 0 spiro atoms. The molecule has 0 amide bonds. The van der Waals surface area contributed by atoms with E-state index in [0.717, 1.165) is 19.4 Å². The molecule has 0 aliphatic heterocycles. The van der Waals surface area contributed by atoms with Gasteiger partial charge in [-0.2, -0.15) is 11.8 Å². The van der Waals surface area contributed by atoms with Crippen molar-refractivity contribution in [2.45, 2.75) is 38.0 Å². The summed E-state index contributed by atoms with van der Waals surface area (Å²) in [5.74, 6) is 0.473. The van der Waals surface area contributed by atoms with Gasteiger partial charge in [0.2, 0.25) is 5.95 Å². The highest BCUT2D eigenvalue weighted by Gasteiger charge is 2.26. The molecule has 0 atom stereocenters. The van der Waals surface area contributed by atoms with Crippen LogP contribution >= 0.6 is 24.0 Å². The van der Waals surface area contributed by atoms with Crippen LogP contribution in [0.15, 0.2) is 0 Å². The predicted octanol–water partition coefficient (Wildman–Crippen LogP) is 2.44. The lowest BCUT2D eigenvalue weighted by atomic mass is 10.0. The number of thioether (sulfide) groups is 1. The van der Waals surface area contributed by atoms with Crippen LogP contribution in [0.5, 0.6) is 0 Å². The Balaban J connectivity index is 2.97. The minimum Gasteiger partial charge on any atom is -0.368 e. The second-order valence-electron chi connectivity index (χ2n) is 3.57. The Labute approximate surface area is 99.6 Å². The van der Waals surface area contributed by atoms with Gasteiger partial charge in [0, 0.05) is 11.3 Å². The molecule has 1 aromatic rings. The Hall–Kier alpha value is -0.490. The fourth-order valence-corrected chi connectivity index (χ4v) is 2.64. The zero-order valence-corrected chi connectivity index (χ0v) is 11.0. The summed E-state index contributed by atoms with van der Waals surface area (Å²) in [7, 11) is 0. The summed E-state index contributed by atoms with van der Waals surface area (Å²) in [5, 5.41) is 6.63. The summed E-state index contributed by atoms with van der Waals surface area (Å²) in [6.45, 7) is 5.21. The van der Waals surface area contributed by atoms with Crippen LogP contribution in [0.25, 0.3) is 0 Å². The Morgan fingerprint density at radius 2 is 2.13 bits per heavy atom. The van der Waals surface area contributed by atoms with E-state index < -0.39 is 0 Å². The Kier molecular flexibility index (Phi) is 4.21. The van der Waals surface area contributed by atoms with Gasteiger partial charge < -0.3 is 5.73 Å². The second-order valence-corrected chi connectivity index (χ2v) is 5.23. The molecule has 4 nitrogen and oxygen atoms in total. The number of H-pyrrole nitrogens is 1. The maximum atomic E-state index is 5.76. The van der Waals surface area contributed by atoms with E-state index in [1.54, 1.807) is 0 Å². The molecule has 6 heteroatoms. The molecule has 0 saturated carbocycles. The van der Waals surface area contributed by atoms with Crippen LogP contribution in [0.3, 0.4) is 0 Å². The SMILES string of the molecule is CCC(CC)(Cn1c(N)n[nH]c1=S)SC. The molecule has 0 fully saturated rings. The van der Waals surface area contributed by atoms with Crippen LogP contribution in [0.4, 0.5) is 5.95 Å². The van der Waals surface area contributed by atoms with E-state index in [1.807, 2.05) is 16.3 Å². The fourth-order valence-electron chi connectivity index (χ4n) is 1.60. The van der Waals surface area contributed by atoms with Crippen molar-refractivity contribution in [2.75, 3.05) is 12.0 Å². The molecule has 0 radical (unpaired) electrons. The summed E-state index contributed by atoms with van der Waals surface area (Å²) in [6.07, 6.45) is 4.32. The average molecular weight is 246 g/mol. The Morgan fingerprint density at radius 3 is 2.47 bits per heavy atom. The van der Waals surface area contributed by atoms with Crippen LogP contribution in [-0.2, 0) is 6.54 Å². The number of nitrogens with zero attached hydrogens (tertiary/aromatic N) is 2. The second kappa shape index (κ2) is 5.03. The third kappa shape index (κ3) is 2.55. The lowest BCUT2D eigenvalue weighted by Gasteiger charge is -2.29. The van der Waals surface area contributed by atoms with Crippen LogP contribution in [-0.4, -0.2) is 25.8 Å². The van der Waals surface area contributed by atoms with Gasteiger partial charge in [0.15, 0.2) is 4.77 Å². The van der Waals surface area contributed by atoms with Crippen molar-refractivity contribution >= 4 is 29.9 Å². The molecule has 0 saturated heterocycles. The minimum atomic E-state index is 0.205. The van der Waals surface area contributed by atoms with Gasteiger partial charge in [0.1, 0.15) is 0 Å². The molecule has 0 aliphatic rings. The number of nitrogens with one attached hydrogen (secondary N) is 1. The first-order valence-corrected chi connectivity index (χ1v) is 6.67. The molecule has 1 heterocycles. The first-order chi connectivity index (χ1) is 7.08. The smallest absolute Gasteiger partial charge is 0.220 e. The summed E-state index contributed by atoms with van der Waals surface area (Å²) >= 11 is 7.01. The zero-order chi connectivity index (χ0) is 11.5. The van der Waals surface area contributed by atoms with Gasteiger partial charge in [-0.15, -0.1) is 5.10 Å². The number of anilines is 1. The molecule has 15 heavy (non-hydrogen) atoms. The van der Waals surface area contributed by atoms with Gasteiger partial charge >= 0.3 is 0 Å². The van der Waals surface area contributed by atoms with Crippen molar-refractivity contribution in [1.29, 1.82) is 0 Å². The van der Waals surface area contributed by atoms with E-state index >= 15 is 0 Å². The maximum Gasteiger partial charge on any atom is 0.220 e. The van der Waals surface area contributed by atoms with Crippen LogP contribution in [0.1, 0.15) is 26.7 Å². The summed E-state index contributed by atoms with van der Waals surface area (Å²) in [6, 6.07) is 0. The van der Waals surface area contributed by atoms with E-state index in [-0.39, 0.29) is 4.75 Å². The molecular weight excluding hydrogens is 228 g/mol. The molecule has 86 valence electrons. The topological polar surface area (TPSA) is 59.6 Å². The minimum absolute atomic E-state index is 0.205. The molecule has 3 N–H and O–H groups in total. The molecule has 1 aromatic heterocycles. The van der Waals surface area contributed by atoms with Gasteiger partial charge in [0.05, 0.1) is 0 Å². The third-order valence-electron chi connectivity index (χ3n) is 2.96. The highest BCUT2D eigenvalue weighted by Crippen LogP contribution is 2.32. The van der Waals surface area contributed by atoms with E-state index in [9.17, 15) is 0 Å². The first kappa shape index (κ1) is 12.6. The van der Waals surface area contributed by atoms with E-state index in [2.05, 4.69) is 30.3 Å². The summed E-state index contributed by atoms with van der Waals surface area (Å²) < 4.78 is 2.68. The largest absolute Gasteiger partial charge is 0.368 e. The molecule has 0 bridgehead atoms. The lowest BCUT2D eigenvalue weighted by molar-refractivity contribution is 0.466. The first-order valence-electron chi connectivity index (χ1n) is 5.04. The van der Waals surface area contributed by atoms with Crippen molar-refractivity contribution in [3.8, 4) is 0 Å². The Bertz CT molecular complexity index is 356. The number of aromatic nitrogens is 3. The molecule has 0 aliphatic carbocycles. The van der Waals surface area contributed by atoms with Crippen molar-refractivity contribution < 1.29 is 0 Å². The number of aromatic amines is 1. The van der Waals surface area contributed by atoms with Gasteiger partial charge in [-0.3, -0.25) is 4.57 Å². The van der Waals surface area contributed by atoms with E-state index in [1.165, 1.54) is 0 Å². The van der Waals surface area contributed by atoms with Gasteiger partial charge in [0.25, 0.3) is 0 Å².